The summed E-state index contributed by atoms with van der Waals surface area (Å²) in [5.41, 5.74) is 3.17. The van der Waals surface area contributed by atoms with Crippen molar-refractivity contribution >= 4 is 38.6 Å². The van der Waals surface area contributed by atoms with Crippen molar-refractivity contribution in [2.24, 2.45) is 0 Å². The number of nitrogens with one attached hydrogen (secondary N) is 1. The van der Waals surface area contributed by atoms with Crippen molar-refractivity contribution in [2.45, 2.75) is 6.61 Å². The standard InChI is InChI=1S/C24H17BrFN3O2/c1-30-22-10-16(19(25)12-23(22)31-14-15-5-3-2-4-6-15)9-17(13-27)24-28-20-8-7-18(26)11-21(20)29-24/h2-12H,14H2,1H3,(H,28,29)/b17-9-. The maximum atomic E-state index is 13.5. The molecule has 0 unspecified atom stereocenters. The molecule has 5 nitrogen and oxygen atoms in total. The fraction of sp³-hybridized carbons (Fsp3) is 0.0833. The first kappa shape index (κ1) is 20.6. The van der Waals surface area contributed by atoms with Crippen LogP contribution in [0, 0.1) is 17.1 Å². The van der Waals surface area contributed by atoms with E-state index in [0.717, 1.165) is 10.0 Å². The summed E-state index contributed by atoms with van der Waals surface area (Å²) in [6.45, 7) is 0.401. The van der Waals surface area contributed by atoms with Gasteiger partial charge in [0.25, 0.3) is 0 Å². The normalized spacial score (nSPS) is 11.4. The Balaban J connectivity index is 1.65. The van der Waals surface area contributed by atoms with Crippen LogP contribution < -0.4 is 9.47 Å². The largest absolute Gasteiger partial charge is 0.493 e. The number of hydrogen-bond donors (Lipinski definition) is 1. The Hall–Kier alpha value is -3.63. The lowest BCUT2D eigenvalue weighted by Gasteiger charge is -2.13. The number of nitriles is 1. The third-order valence-electron chi connectivity index (χ3n) is 4.64. The highest BCUT2D eigenvalue weighted by Gasteiger charge is 2.13. The van der Waals surface area contributed by atoms with Gasteiger partial charge in [-0.1, -0.05) is 46.3 Å². The summed E-state index contributed by atoms with van der Waals surface area (Å²) in [4.78, 5) is 7.38. The van der Waals surface area contributed by atoms with Crippen LogP contribution in [0.2, 0.25) is 0 Å². The number of allylic oxidation sites excluding steroid dienone is 1. The summed E-state index contributed by atoms with van der Waals surface area (Å²) in [5, 5.41) is 9.68. The number of imidazole rings is 1. The number of benzene rings is 3. The van der Waals surface area contributed by atoms with Gasteiger partial charge in [-0.2, -0.15) is 5.26 Å². The Morgan fingerprint density at radius 2 is 1.97 bits per heavy atom. The molecule has 0 spiro atoms. The lowest BCUT2D eigenvalue weighted by Crippen LogP contribution is -1.98. The number of aromatic amines is 1. The van der Waals surface area contributed by atoms with Gasteiger partial charge in [-0.15, -0.1) is 0 Å². The number of ether oxygens (including phenoxy) is 2. The van der Waals surface area contributed by atoms with Gasteiger partial charge in [0.1, 0.15) is 24.3 Å². The molecule has 0 saturated carbocycles. The first-order valence-corrected chi connectivity index (χ1v) is 10.2. The SMILES string of the molecule is COc1cc(/C=C(/C#N)c2nc3ccc(F)cc3[nH]2)c(Br)cc1OCc1ccccc1. The van der Waals surface area contributed by atoms with Crippen molar-refractivity contribution in [2.75, 3.05) is 7.11 Å². The highest BCUT2D eigenvalue weighted by atomic mass is 79.9. The maximum Gasteiger partial charge on any atom is 0.162 e. The molecule has 0 atom stereocenters. The van der Waals surface area contributed by atoms with E-state index in [1.54, 1.807) is 31.4 Å². The van der Waals surface area contributed by atoms with Crippen LogP contribution in [0.1, 0.15) is 17.0 Å². The summed E-state index contributed by atoms with van der Waals surface area (Å²) in [5.74, 6) is 1.10. The second-order valence-electron chi connectivity index (χ2n) is 6.72. The molecule has 0 radical (unpaired) electrons. The van der Waals surface area contributed by atoms with E-state index in [4.69, 9.17) is 9.47 Å². The molecular formula is C24H17BrFN3O2. The zero-order valence-electron chi connectivity index (χ0n) is 16.5. The van der Waals surface area contributed by atoms with Crippen LogP contribution in [0.4, 0.5) is 4.39 Å². The lowest BCUT2D eigenvalue weighted by atomic mass is 10.1. The van der Waals surface area contributed by atoms with Crippen LogP contribution in [0.25, 0.3) is 22.7 Å². The van der Waals surface area contributed by atoms with Crippen molar-refractivity contribution in [1.82, 2.24) is 9.97 Å². The van der Waals surface area contributed by atoms with Crippen LogP contribution in [0.15, 0.2) is 65.1 Å². The molecule has 4 aromatic rings. The smallest absolute Gasteiger partial charge is 0.162 e. The van der Waals surface area contributed by atoms with E-state index in [0.29, 0.717) is 46.1 Å². The Morgan fingerprint density at radius 3 is 2.71 bits per heavy atom. The summed E-state index contributed by atoms with van der Waals surface area (Å²) in [6, 6.07) is 19.8. The Kier molecular flexibility index (Phi) is 6.01. The summed E-state index contributed by atoms with van der Waals surface area (Å²) in [6.07, 6.45) is 1.68. The zero-order chi connectivity index (χ0) is 21.8. The third-order valence-corrected chi connectivity index (χ3v) is 5.33. The average Bonchev–Trinajstić information content (AvgIpc) is 3.20. The number of methoxy groups -OCH3 is 1. The molecule has 1 aromatic heterocycles. The van der Waals surface area contributed by atoms with E-state index in [-0.39, 0.29) is 5.82 Å². The highest BCUT2D eigenvalue weighted by Crippen LogP contribution is 2.35. The van der Waals surface area contributed by atoms with Gasteiger partial charge >= 0.3 is 0 Å². The van der Waals surface area contributed by atoms with Gasteiger partial charge in [0, 0.05) is 4.47 Å². The zero-order valence-corrected chi connectivity index (χ0v) is 18.1. The number of nitrogens with zero attached hydrogens (tertiary/aromatic N) is 2. The van der Waals surface area contributed by atoms with Gasteiger partial charge in [0.15, 0.2) is 11.5 Å². The number of aromatic nitrogens is 2. The van der Waals surface area contributed by atoms with E-state index in [2.05, 4.69) is 32.0 Å². The van der Waals surface area contributed by atoms with Gasteiger partial charge < -0.3 is 14.5 Å². The van der Waals surface area contributed by atoms with E-state index in [9.17, 15) is 9.65 Å². The molecule has 1 heterocycles. The Labute approximate surface area is 186 Å². The average molecular weight is 478 g/mol. The highest BCUT2D eigenvalue weighted by molar-refractivity contribution is 9.10. The number of fused-ring (bicyclic) bond motifs is 1. The van der Waals surface area contributed by atoms with E-state index in [1.807, 2.05) is 30.3 Å². The van der Waals surface area contributed by atoms with Crippen LogP contribution in [0.3, 0.4) is 0 Å². The van der Waals surface area contributed by atoms with Crippen molar-refractivity contribution in [3.63, 3.8) is 0 Å². The van der Waals surface area contributed by atoms with Crippen molar-refractivity contribution in [3.05, 3.63) is 87.9 Å². The second kappa shape index (κ2) is 9.02. The van der Waals surface area contributed by atoms with Gasteiger partial charge in [0.2, 0.25) is 0 Å². The molecule has 7 heteroatoms. The quantitative estimate of drug-likeness (QED) is 0.339. The van der Waals surface area contributed by atoms with Crippen molar-refractivity contribution < 1.29 is 13.9 Å². The molecule has 31 heavy (non-hydrogen) atoms. The molecular weight excluding hydrogens is 461 g/mol. The summed E-state index contributed by atoms with van der Waals surface area (Å²) < 4.78 is 25.6. The minimum atomic E-state index is -0.372. The summed E-state index contributed by atoms with van der Waals surface area (Å²) in [7, 11) is 1.56. The van der Waals surface area contributed by atoms with Crippen LogP contribution >= 0.6 is 15.9 Å². The Bertz CT molecular complexity index is 1310. The molecule has 0 aliphatic rings. The van der Waals surface area contributed by atoms with Gasteiger partial charge in [-0.3, -0.25) is 0 Å². The predicted octanol–water partition coefficient (Wildman–Crippen LogP) is 6.12. The minimum absolute atomic E-state index is 0.303. The van der Waals surface area contributed by atoms with E-state index < -0.39 is 0 Å². The topological polar surface area (TPSA) is 70.9 Å². The lowest BCUT2D eigenvalue weighted by molar-refractivity contribution is 0.284. The second-order valence-corrected chi connectivity index (χ2v) is 7.57. The van der Waals surface area contributed by atoms with Crippen molar-refractivity contribution in [1.29, 1.82) is 5.26 Å². The van der Waals surface area contributed by atoms with Crippen LogP contribution in [-0.2, 0) is 6.61 Å². The fourth-order valence-corrected chi connectivity index (χ4v) is 3.52. The van der Waals surface area contributed by atoms with Gasteiger partial charge in [-0.25, -0.2) is 9.37 Å². The molecule has 154 valence electrons. The third kappa shape index (κ3) is 4.60. The molecule has 3 aromatic carbocycles. The van der Waals surface area contributed by atoms with Gasteiger partial charge in [0.05, 0.1) is 23.7 Å². The maximum absolute atomic E-state index is 13.5. The molecule has 0 aliphatic heterocycles. The number of H-pyrrole nitrogens is 1. The monoisotopic (exact) mass is 477 g/mol. The van der Waals surface area contributed by atoms with E-state index in [1.165, 1.54) is 12.1 Å². The number of hydrogen-bond acceptors (Lipinski definition) is 4. The molecule has 0 saturated heterocycles. The molecule has 0 fully saturated rings. The Morgan fingerprint density at radius 1 is 1.16 bits per heavy atom. The summed E-state index contributed by atoms with van der Waals surface area (Å²) >= 11 is 3.54. The first-order chi connectivity index (χ1) is 15.1. The van der Waals surface area contributed by atoms with Crippen LogP contribution in [0.5, 0.6) is 11.5 Å². The number of rotatable bonds is 6. The molecule has 0 amide bonds. The fourth-order valence-electron chi connectivity index (χ4n) is 3.09. The first-order valence-electron chi connectivity index (χ1n) is 9.39. The van der Waals surface area contributed by atoms with Crippen molar-refractivity contribution in [3.8, 4) is 17.6 Å². The minimum Gasteiger partial charge on any atom is -0.493 e. The molecule has 1 N–H and O–H groups in total. The van der Waals surface area contributed by atoms with Gasteiger partial charge in [-0.05, 0) is 47.5 Å². The molecule has 4 rings (SSSR count). The predicted molar refractivity (Wildman–Crippen MR) is 121 cm³/mol. The van der Waals surface area contributed by atoms with Crippen LogP contribution in [-0.4, -0.2) is 17.1 Å². The van der Waals surface area contributed by atoms with E-state index >= 15 is 0 Å². The molecule has 0 aliphatic carbocycles. The number of halogens is 2. The molecule has 0 bridgehead atoms.